The molecule has 2 nitrogen and oxygen atoms in total. The molecule has 1 aromatic carbocycles. The lowest BCUT2D eigenvalue weighted by molar-refractivity contribution is -0.118. The van der Waals surface area contributed by atoms with Crippen LogP contribution in [0.4, 0.5) is 4.39 Å². The van der Waals surface area contributed by atoms with Crippen LogP contribution in [-0.2, 0) is 11.2 Å². The first kappa shape index (κ1) is 12.5. The molecule has 0 spiro atoms. The first-order chi connectivity index (χ1) is 8.16. The number of carbonyl (C=O) groups excluding carboxylic acids is 1. The number of nitrogens with one attached hydrogen (secondary N) is 1. The number of carbonyl (C=O) groups is 1. The minimum atomic E-state index is -0.474. The Labute approximate surface area is 105 Å². The molecule has 4 heteroatoms. The second-order valence-corrected chi connectivity index (χ2v) is 4.81. The highest BCUT2D eigenvalue weighted by atomic mass is 35.5. The Morgan fingerprint density at radius 2 is 2.24 bits per heavy atom. The van der Waals surface area contributed by atoms with Gasteiger partial charge in [0.15, 0.2) is 0 Å². The van der Waals surface area contributed by atoms with Crippen LogP contribution in [0.5, 0.6) is 0 Å². The van der Waals surface area contributed by atoms with Gasteiger partial charge in [-0.2, -0.15) is 0 Å². The van der Waals surface area contributed by atoms with Gasteiger partial charge in [0, 0.05) is 25.4 Å². The molecular formula is C13H15ClFNO. The topological polar surface area (TPSA) is 29.1 Å². The molecule has 0 atom stereocenters. The number of hydrogen-bond donors (Lipinski definition) is 1. The number of rotatable bonds is 6. The van der Waals surface area contributed by atoms with Gasteiger partial charge in [-0.3, -0.25) is 4.79 Å². The summed E-state index contributed by atoms with van der Waals surface area (Å²) in [7, 11) is 0. The molecule has 0 aromatic heterocycles. The van der Waals surface area contributed by atoms with Gasteiger partial charge < -0.3 is 5.32 Å². The molecule has 0 aliphatic heterocycles. The summed E-state index contributed by atoms with van der Waals surface area (Å²) in [6.45, 7) is 0.686. The third kappa shape index (κ3) is 3.79. The van der Waals surface area contributed by atoms with E-state index in [1.165, 1.54) is 18.9 Å². The zero-order valence-corrected chi connectivity index (χ0v) is 10.3. The average Bonchev–Trinajstić information content (AvgIpc) is 3.09. The normalized spacial score (nSPS) is 14.9. The highest BCUT2D eigenvalue weighted by Crippen LogP contribution is 2.19. The molecule has 1 saturated carbocycles. The quantitative estimate of drug-likeness (QED) is 0.847. The fraction of sp³-hybridized carbons (Fsp3) is 0.462. The molecule has 92 valence electrons. The molecule has 0 saturated heterocycles. The molecule has 1 N–H and O–H groups in total. The summed E-state index contributed by atoms with van der Waals surface area (Å²) >= 11 is 5.65. The van der Waals surface area contributed by atoms with Crippen LogP contribution in [0.15, 0.2) is 18.2 Å². The van der Waals surface area contributed by atoms with Gasteiger partial charge in [0.2, 0.25) is 0 Å². The third-order valence-corrected chi connectivity index (χ3v) is 3.13. The summed E-state index contributed by atoms with van der Waals surface area (Å²) in [5, 5.41) is 3.33. The van der Waals surface area contributed by atoms with Gasteiger partial charge in [0.1, 0.15) is 11.6 Å². The molecule has 1 fully saturated rings. The highest BCUT2D eigenvalue weighted by Gasteiger charge is 2.20. The maximum absolute atomic E-state index is 13.5. The monoisotopic (exact) mass is 255 g/mol. The van der Waals surface area contributed by atoms with Gasteiger partial charge >= 0.3 is 0 Å². The Balaban J connectivity index is 1.82. The molecule has 0 unspecified atom stereocenters. The van der Waals surface area contributed by atoms with Crippen molar-refractivity contribution in [2.75, 3.05) is 6.54 Å². The smallest absolute Gasteiger partial charge is 0.145 e. The summed E-state index contributed by atoms with van der Waals surface area (Å²) in [4.78, 5) is 11.6. The van der Waals surface area contributed by atoms with Crippen molar-refractivity contribution < 1.29 is 9.18 Å². The van der Waals surface area contributed by atoms with E-state index in [4.69, 9.17) is 11.6 Å². The van der Waals surface area contributed by atoms with E-state index >= 15 is 0 Å². The van der Waals surface area contributed by atoms with Crippen LogP contribution in [0, 0.1) is 5.82 Å². The Bertz CT molecular complexity index is 418. The Kier molecular flexibility index (Phi) is 4.13. The van der Waals surface area contributed by atoms with Crippen LogP contribution in [0.25, 0.3) is 0 Å². The molecule has 0 heterocycles. The van der Waals surface area contributed by atoms with Crippen molar-refractivity contribution in [1.82, 2.24) is 5.32 Å². The summed E-state index contributed by atoms with van der Waals surface area (Å²) in [5.74, 6) is -0.433. The molecule has 17 heavy (non-hydrogen) atoms. The first-order valence-electron chi connectivity index (χ1n) is 5.85. The number of Topliss-reactive ketones (excluding diaryl/α,β-unsaturated/α-hetero) is 1. The van der Waals surface area contributed by atoms with Gasteiger partial charge in [-0.25, -0.2) is 4.39 Å². The Morgan fingerprint density at radius 3 is 2.94 bits per heavy atom. The van der Waals surface area contributed by atoms with E-state index in [1.807, 2.05) is 0 Å². The third-order valence-electron chi connectivity index (χ3n) is 2.83. The van der Waals surface area contributed by atoms with Gasteiger partial charge in [-0.1, -0.05) is 23.7 Å². The van der Waals surface area contributed by atoms with Gasteiger partial charge in [0.25, 0.3) is 0 Å². The van der Waals surface area contributed by atoms with E-state index in [9.17, 15) is 9.18 Å². The highest BCUT2D eigenvalue weighted by molar-refractivity contribution is 6.30. The van der Waals surface area contributed by atoms with E-state index in [-0.39, 0.29) is 17.2 Å². The van der Waals surface area contributed by atoms with Crippen LogP contribution in [-0.4, -0.2) is 18.4 Å². The van der Waals surface area contributed by atoms with Crippen LogP contribution < -0.4 is 5.32 Å². The van der Waals surface area contributed by atoms with Gasteiger partial charge in [-0.05, 0) is 24.5 Å². The molecule has 0 bridgehead atoms. The van der Waals surface area contributed by atoms with Crippen LogP contribution in [0.2, 0.25) is 5.02 Å². The second-order valence-electron chi connectivity index (χ2n) is 4.41. The van der Waals surface area contributed by atoms with Crippen molar-refractivity contribution in [3.63, 3.8) is 0 Å². The lowest BCUT2D eigenvalue weighted by Gasteiger charge is -2.05. The van der Waals surface area contributed by atoms with Crippen molar-refractivity contribution in [2.24, 2.45) is 0 Å². The van der Waals surface area contributed by atoms with Crippen LogP contribution in [0.3, 0.4) is 0 Å². The Hall–Kier alpha value is -0.930. The fourth-order valence-electron chi connectivity index (χ4n) is 1.69. The van der Waals surface area contributed by atoms with E-state index in [0.717, 1.165) is 0 Å². The first-order valence-corrected chi connectivity index (χ1v) is 6.22. The zero-order chi connectivity index (χ0) is 12.3. The average molecular weight is 256 g/mol. The minimum absolute atomic E-state index is 0.0410. The van der Waals surface area contributed by atoms with Crippen LogP contribution >= 0.6 is 11.6 Å². The molecule has 1 aliphatic carbocycles. The minimum Gasteiger partial charge on any atom is -0.314 e. The van der Waals surface area contributed by atoms with Crippen molar-refractivity contribution in [1.29, 1.82) is 0 Å². The van der Waals surface area contributed by atoms with Gasteiger partial charge in [0.05, 0.1) is 5.02 Å². The Morgan fingerprint density at radius 1 is 1.47 bits per heavy atom. The van der Waals surface area contributed by atoms with E-state index in [2.05, 4.69) is 5.32 Å². The van der Waals surface area contributed by atoms with Crippen molar-refractivity contribution in [3.05, 3.63) is 34.6 Å². The summed E-state index contributed by atoms with van der Waals surface area (Å²) < 4.78 is 13.5. The maximum Gasteiger partial charge on any atom is 0.145 e. The standard InChI is InChI=1S/C13H15ClFNO/c14-12-3-1-2-9(13(12)15)8-11(17)6-7-16-10-4-5-10/h1-3,10,16H,4-8H2. The molecular weight excluding hydrogens is 241 g/mol. The number of hydrogen-bond acceptors (Lipinski definition) is 2. The predicted molar refractivity (Wildman–Crippen MR) is 65.8 cm³/mol. The van der Waals surface area contributed by atoms with Gasteiger partial charge in [-0.15, -0.1) is 0 Å². The predicted octanol–water partition coefficient (Wildman–Crippen LogP) is 2.73. The summed E-state index contributed by atoms with van der Waals surface area (Å²) in [5.41, 5.74) is 0.383. The van der Waals surface area contributed by atoms with Crippen molar-refractivity contribution >= 4 is 17.4 Å². The maximum atomic E-state index is 13.5. The second kappa shape index (κ2) is 5.61. The summed E-state index contributed by atoms with van der Waals surface area (Å²) in [6.07, 6.45) is 2.98. The fourth-order valence-corrected chi connectivity index (χ4v) is 1.88. The van der Waals surface area contributed by atoms with E-state index in [1.54, 1.807) is 12.1 Å². The summed E-state index contributed by atoms with van der Waals surface area (Å²) in [6, 6.07) is 5.36. The number of benzene rings is 1. The molecule has 0 amide bonds. The number of ketones is 1. The molecule has 1 aliphatic rings. The van der Waals surface area contributed by atoms with Crippen LogP contribution in [0.1, 0.15) is 24.8 Å². The lowest BCUT2D eigenvalue weighted by Crippen LogP contribution is -2.21. The zero-order valence-electron chi connectivity index (χ0n) is 9.51. The molecule has 0 radical (unpaired) electrons. The number of halogens is 2. The van der Waals surface area contributed by atoms with Crippen molar-refractivity contribution in [2.45, 2.75) is 31.7 Å². The van der Waals surface area contributed by atoms with E-state index in [0.29, 0.717) is 24.6 Å². The molecule has 1 aromatic rings. The van der Waals surface area contributed by atoms with E-state index < -0.39 is 5.82 Å². The molecule has 2 rings (SSSR count). The van der Waals surface area contributed by atoms with Crippen molar-refractivity contribution in [3.8, 4) is 0 Å². The lowest BCUT2D eigenvalue weighted by atomic mass is 10.1. The SMILES string of the molecule is O=C(CCNC1CC1)Cc1cccc(Cl)c1F. The largest absolute Gasteiger partial charge is 0.314 e.